The molecule has 0 saturated heterocycles. The molecule has 3 N–H and O–H groups in total. The van der Waals surface area contributed by atoms with Crippen LogP contribution in [0.15, 0.2) is 30.9 Å². The lowest BCUT2D eigenvalue weighted by atomic mass is 10.1. The highest BCUT2D eigenvalue weighted by Crippen LogP contribution is 2.14. The molecule has 0 fully saturated rings. The van der Waals surface area contributed by atoms with Crippen LogP contribution in [0.3, 0.4) is 0 Å². The number of pyridine rings is 1. The number of aryl methyl sites for hydroxylation is 1. The summed E-state index contributed by atoms with van der Waals surface area (Å²) in [6.45, 7) is 0. The molecule has 0 bridgehead atoms. The van der Waals surface area contributed by atoms with Gasteiger partial charge in [0.15, 0.2) is 6.04 Å². The predicted octanol–water partition coefficient (Wildman–Crippen LogP) is 0.0764. The lowest BCUT2D eigenvalue weighted by Crippen LogP contribution is -2.33. The minimum Gasteiger partial charge on any atom is -0.506 e. The minimum absolute atomic E-state index is 0.0696. The molecule has 2 heterocycles. The Morgan fingerprint density at radius 1 is 1.35 bits per heavy atom. The van der Waals surface area contributed by atoms with Gasteiger partial charge in [0, 0.05) is 25.0 Å². The lowest BCUT2D eigenvalue weighted by Gasteiger charge is -2.12. The molecule has 1 amide bonds. The second kappa shape index (κ2) is 5.39. The molecule has 8 heteroatoms. The number of aromatic nitrogens is 3. The van der Waals surface area contributed by atoms with Gasteiger partial charge in [-0.25, -0.2) is 4.79 Å². The van der Waals surface area contributed by atoms with Crippen molar-refractivity contribution in [1.82, 2.24) is 20.1 Å². The zero-order valence-corrected chi connectivity index (χ0v) is 10.5. The first kappa shape index (κ1) is 13.5. The predicted molar refractivity (Wildman–Crippen MR) is 67.0 cm³/mol. The second-order valence-electron chi connectivity index (χ2n) is 4.12. The smallest absolute Gasteiger partial charge is 0.331 e. The van der Waals surface area contributed by atoms with Gasteiger partial charge in [-0.3, -0.25) is 14.5 Å². The van der Waals surface area contributed by atoms with Crippen molar-refractivity contribution in [2.24, 2.45) is 7.05 Å². The number of carbonyl (C=O) groups excluding carboxylic acids is 1. The summed E-state index contributed by atoms with van der Waals surface area (Å²) in [6.07, 6.45) is 5.27. The van der Waals surface area contributed by atoms with E-state index in [1.54, 1.807) is 7.05 Å². The van der Waals surface area contributed by atoms with E-state index in [0.717, 1.165) is 0 Å². The van der Waals surface area contributed by atoms with Crippen LogP contribution in [0.4, 0.5) is 0 Å². The summed E-state index contributed by atoms with van der Waals surface area (Å²) in [5.74, 6) is -2.03. The maximum atomic E-state index is 11.9. The molecule has 20 heavy (non-hydrogen) atoms. The molecule has 0 radical (unpaired) electrons. The summed E-state index contributed by atoms with van der Waals surface area (Å²) in [7, 11) is 1.64. The summed E-state index contributed by atoms with van der Waals surface area (Å²) in [4.78, 5) is 26.8. The Balaban J connectivity index is 2.21. The Morgan fingerprint density at radius 3 is 2.65 bits per heavy atom. The minimum atomic E-state index is -1.22. The van der Waals surface area contributed by atoms with Crippen LogP contribution in [0, 0.1) is 0 Å². The monoisotopic (exact) mass is 276 g/mol. The Labute approximate surface area is 113 Å². The number of hydrogen-bond donors (Lipinski definition) is 3. The molecule has 0 spiro atoms. The summed E-state index contributed by atoms with van der Waals surface area (Å²) in [5, 5.41) is 24.6. The molecule has 8 nitrogen and oxygen atoms in total. The normalized spacial score (nSPS) is 11.8. The van der Waals surface area contributed by atoms with E-state index in [0.29, 0.717) is 5.56 Å². The molecule has 1 unspecified atom stereocenters. The van der Waals surface area contributed by atoms with Crippen LogP contribution in [0.2, 0.25) is 0 Å². The van der Waals surface area contributed by atoms with Gasteiger partial charge in [-0.2, -0.15) is 5.10 Å². The van der Waals surface area contributed by atoms with Crippen LogP contribution in [-0.2, 0) is 11.8 Å². The average molecular weight is 276 g/mol. The van der Waals surface area contributed by atoms with Gasteiger partial charge in [0.05, 0.1) is 18.0 Å². The van der Waals surface area contributed by atoms with Crippen LogP contribution >= 0.6 is 0 Å². The topological polar surface area (TPSA) is 117 Å². The first-order chi connectivity index (χ1) is 9.47. The summed E-state index contributed by atoms with van der Waals surface area (Å²) in [5.41, 5.74) is 0.418. The number of nitrogens with zero attached hydrogens (tertiary/aromatic N) is 3. The van der Waals surface area contributed by atoms with Crippen molar-refractivity contribution in [3.05, 3.63) is 42.0 Å². The largest absolute Gasteiger partial charge is 0.506 e. The first-order valence-corrected chi connectivity index (χ1v) is 5.63. The number of amides is 1. The number of aromatic hydroxyl groups is 1. The molecule has 0 aliphatic rings. The Morgan fingerprint density at radius 2 is 2.10 bits per heavy atom. The number of rotatable bonds is 4. The molecule has 2 aromatic heterocycles. The zero-order chi connectivity index (χ0) is 14.7. The van der Waals surface area contributed by atoms with Crippen molar-refractivity contribution in [3.63, 3.8) is 0 Å². The van der Waals surface area contributed by atoms with Crippen LogP contribution < -0.4 is 5.32 Å². The van der Waals surface area contributed by atoms with Crippen molar-refractivity contribution in [3.8, 4) is 5.75 Å². The summed E-state index contributed by atoms with van der Waals surface area (Å²) < 4.78 is 1.44. The van der Waals surface area contributed by atoms with E-state index >= 15 is 0 Å². The highest BCUT2D eigenvalue weighted by Gasteiger charge is 2.24. The molecule has 0 aliphatic carbocycles. The maximum absolute atomic E-state index is 11.9. The molecule has 104 valence electrons. The number of aliphatic carboxylic acids is 1. The quantitative estimate of drug-likeness (QED) is 0.727. The molecule has 0 aromatic carbocycles. The molecule has 2 rings (SSSR count). The molecular formula is C12H12N4O4. The van der Waals surface area contributed by atoms with E-state index in [9.17, 15) is 14.7 Å². The van der Waals surface area contributed by atoms with Crippen LogP contribution in [-0.4, -0.2) is 36.9 Å². The Bertz CT molecular complexity index is 652. The standard InChI is InChI=1S/C12H12N4O4/c1-16-6-8(4-14-16)10(12(19)20)15-11(18)7-2-9(17)5-13-3-7/h2-6,10,17H,1H3,(H,15,18)(H,19,20). The molecule has 0 aliphatic heterocycles. The van der Waals surface area contributed by atoms with Gasteiger partial charge in [-0.15, -0.1) is 0 Å². The SMILES string of the molecule is Cn1cc(C(NC(=O)c2cncc(O)c2)C(=O)O)cn1. The van der Waals surface area contributed by atoms with Crippen molar-refractivity contribution < 1.29 is 19.8 Å². The highest BCUT2D eigenvalue weighted by atomic mass is 16.4. The van der Waals surface area contributed by atoms with E-state index < -0.39 is 17.9 Å². The average Bonchev–Trinajstić information content (AvgIpc) is 2.81. The van der Waals surface area contributed by atoms with E-state index in [1.807, 2.05) is 0 Å². The fourth-order valence-electron chi connectivity index (χ4n) is 1.64. The lowest BCUT2D eigenvalue weighted by molar-refractivity contribution is -0.139. The zero-order valence-electron chi connectivity index (χ0n) is 10.5. The molecule has 0 saturated carbocycles. The van der Waals surface area contributed by atoms with Gasteiger partial charge < -0.3 is 15.5 Å². The summed E-state index contributed by atoms with van der Waals surface area (Å²) >= 11 is 0. The van der Waals surface area contributed by atoms with Gasteiger partial charge in [0.2, 0.25) is 0 Å². The van der Waals surface area contributed by atoms with Crippen molar-refractivity contribution >= 4 is 11.9 Å². The van der Waals surface area contributed by atoms with Gasteiger partial charge in [0.25, 0.3) is 5.91 Å². The third kappa shape index (κ3) is 2.91. The molecule has 2 aromatic rings. The van der Waals surface area contributed by atoms with Gasteiger partial charge in [-0.05, 0) is 6.07 Å². The maximum Gasteiger partial charge on any atom is 0.331 e. The van der Waals surface area contributed by atoms with Crippen molar-refractivity contribution in [2.45, 2.75) is 6.04 Å². The number of carbonyl (C=O) groups is 2. The fraction of sp³-hybridized carbons (Fsp3) is 0.167. The van der Waals surface area contributed by atoms with Crippen LogP contribution in [0.5, 0.6) is 5.75 Å². The third-order valence-corrected chi connectivity index (χ3v) is 2.57. The van der Waals surface area contributed by atoms with Gasteiger partial charge >= 0.3 is 5.97 Å². The number of nitrogens with one attached hydrogen (secondary N) is 1. The van der Waals surface area contributed by atoms with E-state index in [2.05, 4.69) is 15.4 Å². The highest BCUT2D eigenvalue weighted by molar-refractivity contribution is 5.96. The summed E-state index contributed by atoms with van der Waals surface area (Å²) in [6, 6.07) is -0.0247. The molecular weight excluding hydrogens is 264 g/mol. The number of carboxylic acids is 1. The van der Waals surface area contributed by atoms with E-state index in [-0.39, 0.29) is 11.3 Å². The van der Waals surface area contributed by atoms with Gasteiger partial charge in [0.1, 0.15) is 5.75 Å². The number of carboxylic acid groups (broad SMARTS) is 1. The van der Waals surface area contributed by atoms with Crippen LogP contribution in [0.1, 0.15) is 22.0 Å². The van der Waals surface area contributed by atoms with E-state index in [4.69, 9.17) is 5.11 Å². The molecule has 1 atom stereocenters. The Kier molecular flexibility index (Phi) is 3.65. The number of hydrogen-bond acceptors (Lipinski definition) is 5. The Hall–Kier alpha value is -2.90. The van der Waals surface area contributed by atoms with Gasteiger partial charge in [-0.1, -0.05) is 0 Å². The van der Waals surface area contributed by atoms with Crippen LogP contribution in [0.25, 0.3) is 0 Å². The first-order valence-electron chi connectivity index (χ1n) is 5.63. The second-order valence-corrected chi connectivity index (χ2v) is 4.12. The van der Waals surface area contributed by atoms with E-state index in [1.165, 1.54) is 35.5 Å². The fourth-order valence-corrected chi connectivity index (χ4v) is 1.64. The van der Waals surface area contributed by atoms with Crippen molar-refractivity contribution in [1.29, 1.82) is 0 Å². The van der Waals surface area contributed by atoms with Crippen molar-refractivity contribution in [2.75, 3.05) is 0 Å². The third-order valence-electron chi connectivity index (χ3n) is 2.57.